The Kier molecular flexibility index (Phi) is 4.83. The molecule has 0 spiro atoms. The maximum Gasteiger partial charge on any atom is 0.407 e. The van der Waals surface area contributed by atoms with Gasteiger partial charge in [0.1, 0.15) is 11.4 Å². The minimum absolute atomic E-state index is 0.0417. The Morgan fingerprint density at radius 3 is 2.76 bits per heavy atom. The SMILES string of the molecule is CC(C)(C)OC(=O)N[C@H]1CNCC[C@@H]1c1ccccc1F. The summed E-state index contributed by atoms with van der Waals surface area (Å²) in [5.41, 5.74) is 0.111. The topological polar surface area (TPSA) is 50.4 Å². The van der Waals surface area contributed by atoms with E-state index in [0.29, 0.717) is 12.1 Å². The maximum atomic E-state index is 14.0. The van der Waals surface area contributed by atoms with Crippen molar-refractivity contribution < 1.29 is 13.9 Å². The number of hydrogen-bond acceptors (Lipinski definition) is 3. The lowest BCUT2D eigenvalue weighted by molar-refractivity contribution is 0.0489. The normalized spacial score (nSPS) is 22.7. The molecule has 1 saturated heterocycles. The fourth-order valence-electron chi connectivity index (χ4n) is 2.62. The molecular weight excluding hydrogens is 271 g/mol. The van der Waals surface area contributed by atoms with Crippen LogP contribution in [-0.4, -0.2) is 30.8 Å². The van der Waals surface area contributed by atoms with Crippen LogP contribution in [0.15, 0.2) is 24.3 Å². The molecule has 1 heterocycles. The first kappa shape index (κ1) is 15.8. The quantitative estimate of drug-likeness (QED) is 0.882. The van der Waals surface area contributed by atoms with E-state index >= 15 is 0 Å². The first-order valence-corrected chi connectivity index (χ1v) is 7.31. The van der Waals surface area contributed by atoms with Gasteiger partial charge >= 0.3 is 6.09 Å². The van der Waals surface area contributed by atoms with Crippen molar-refractivity contribution in [3.05, 3.63) is 35.6 Å². The molecule has 0 unspecified atom stereocenters. The zero-order chi connectivity index (χ0) is 15.5. The maximum absolute atomic E-state index is 14.0. The van der Waals surface area contributed by atoms with Gasteiger partial charge in [-0.25, -0.2) is 9.18 Å². The zero-order valence-corrected chi connectivity index (χ0v) is 12.8. The number of amides is 1. The van der Waals surface area contributed by atoms with Crippen LogP contribution < -0.4 is 10.6 Å². The van der Waals surface area contributed by atoms with Crippen LogP contribution in [0.4, 0.5) is 9.18 Å². The van der Waals surface area contributed by atoms with Gasteiger partial charge in [0.2, 0.25) is 0 Å². The van der Waals surface area contributed by atoms with Gasteiger partial charge in [-0.1, -0.05) is 18.2 Å². The minimum atomic E-state index is -0.542. The fraction of sp³-hybridized carbons (Fsp3) is 0.562. The Morgan fingerprint density at radius 1 is 1.38 bits per heavy atom. The summed E-state index contributed by atoms with van der Waals surface area (Å²) in [4.78, 5) is 11.9. The van der Waals surface area contributed by atoms with Gasteiger partial charge in [0, 0.05) is 12.5 Å². The van der Waals surface area contributed by atoms with Crippen molar-refractivity contribution in [1.82, 2.24) is 10.6 Å². The second-order valence-corrected chi connectivity index (χ2v) is 6.37. The third-order valence-corrected chi connectivity index (χ3v) is 3.49. The molecule has 0 bridgehead atoms. The summed E-state index contributed by atoms with van der Waals surface area (Å²) in [6, 6.07) is 6.57. The van der Waals surface area contributed by atoms with Crippen molar-refractivity contribution in [2.24, 2.45) is 0 Å². The number of halogens is 1. The highest BCUT2D eigenvalue weighted by molar-refractivity contribution is 5.68. The van der Waals surface area contributed by atoms with Gasteiger partial charge in [-0.05, 0) is 45.4 Å². The van der Waals surface area contributed by atoms with Crippen LogP contribution >= 0.6 is 0 Å². The second-order valence-electron chi connectivity index (χ2n) is 6.37. The van der Waals surface area contributed by atoms with Crippen LogP contribution in [0.2, 0.25) is 0 Å². The summed E-state index contributed by atoms with van der Waals surface area (Å²) in [6.07, 6.45) is 0.319. The van der Waals surface area contributed by atoms with Crippen molar-refractivity contribution in [3.63, 3.8) is 0 Å². The molecule has 0 saturated carbocycles. The minimum Gasteiger partial charge on any atom is -0.444 e. The van der Waals surface area contributed by atoms with Gasteiger partial charge < -0.3 is 15.4 Å². The Morgan fingerprint density at radius 2 is 2.10 bits per heavy atom. The molecule has 0 aliphatic carbocycles. The first-order chi connectivity index (χ1) is 9.87. The first-order valence-electron chi connectivity index (χ1n) is 7.31. The number of alkyl carbamates (subject to hydrolysis) is 1. The third kappa shape index (κ3) is 4.43. The van der Waals surface area contributed by atoms with Crippen LogP contribution in [-0.2, 0) is 4.74 Å². The monoisotopic (exact) mass is 294 g/mol. The van der Waals surface area contributed by atoms with Crippen LogP contribution in [0.1, 0.15) is 38.7 Å². The molecule has 0 aromatic heterocycles. The smallest absolute Gasteiger partial charge is 0.407 e. The molecule has 1 aliphatic rings. The van der Waals surface area contributed by atoms with Gasteiger partial charge in [0.05, 0.1) is 6.04 Å². The van der Waals surface area contributed by atoms with Gasteiger partial charge in [-0.2, -0.15) is 0 Å². The molecule has 2 N–H and O–H groups in total. The van der Waals surface area contributed by atoms with Crippen LogP contribution in [0.25, 0.3) is 0 Å². The zero-order valence-electron chi connectivity index (χ0n) is 12.8. The summed E-state index contributed by atoms with van der Waals surface area (Å²) in [5, 5.41) is 6.09. The molecule has 2 atom stereocenters. The fourth-order valence-corrected chi connectivity index (χ4v) is 2.62. The number of ether oxygens (including phenoxy) is 1. The molecule has 1 amide bonds. The molecule has 1 aliphatic heterocycles. The van der Waals surface area contributed by atoms with Crippen molar-refractivity contribution >= 4 is 6.09 Å². The standard InChI is InChI=1S/C16H23FN2O2/c1-16(2,3)21-15(20)19-14-10-18-9-8-12(14)11-6-4-5-7-13(11)17/h4-7,12,14,18H,8-10H2,1-3H3,(H,19,20)/t12-,14+/m1/s1. The Hall–Kier alpha value is -1.62. The highest BCUT2D eigenvalue weighted by atomic mass is 19.1. The van der Waals surface area contributed by atoms with Gasteiger partial charge in [-0.3, -0.25) is 0 Å². The second kappa shape index (κ2) is 6.43. The number of hydrogen-bond donors (Lipinski definition) is 2. The predicted molar refractivity (Wildman–Crippen MR) is 79.8 cm³/mol. The summed E-state index contributed by atoms with van der Waals surface area (Å²) >= 11 is 0. The molecule has 0 radical (unpaired) electrons. The molecule has 21 heavy (non-hydrogen) atoms. The van der Waals surface area contributed by atoms with E-state index in [0.717, 1.165) is 13.0 Å². The van der Waals surface area contributed by atoms with Crippen LogP contribution in [0.3, 0.4) is 0 Å². The van der Waals surface area contributed by atoms with E-state index in [2.05, 4.69) is 10.6 Å². The van der Waals surface area contributed by atoms with Crippen molar-refractivity contribution in [2.45, 2.75) is 44.8 Å². The number of carbonyl (C=O) groups excluding carboxylic acids is 1. The average molecular weight is 294 g/mol. The number of nitrogens with one attached hydrogen (secondary N) is 2. The summed E-state index contributed by atoms with van der Waals surface area (Å²) in [5.74, 6) is -0.264. The van der Waals surface area contributed by atoms with E-state index in [1.54, 1.807) is 12.1 Å². The highest BCUT2D eigenvalue weighted by Gasteiger charge is 2.30. The van der Waals surface area contributed by atoms with E-state index in [1.807, 2.05) is 26.8 Å². The Balaban J connectivity index is 2.09. The lowest BCUT2D eigenvalue weighted by Gasteiger charge is -2.33. The van der Waals surface area contributed by atoms with Crippen molar-refractivity contribution in [1.29, 1.82) is 0 Å². The van der Waals surface area contributed by atoms with Gasteiger partial charge in [0.25, 0.3) is 0 Å². The van der Waals surface area contributed by atoms with Gasteiger partial charge in [0.15, 0.2) is 0 Å². The lowest BCUT2D eigenvalue weighted by atomic mass is 9.86. The molecule has 1 fully saturated rings. The van der Waals surface area contributed by atoms with E-state index in [-0.39, 0.29) is 17.8 Å². The third-order valence-electron chi connectivity index (χ3n) is 3.49. The summed E-state index contributed by atoms with van der Waals surface area (Å²) in [6.45, 7) is 6.88. The molecule has 5 heteroatoms. The van der Waals surface area contributed by atoms with E-state index < -0.39 is 11.7 Å². The largest absolute Gasteiger partial charge is 0.444 e. The molecule has 1 aromatic carbocycles. The van der Waals surface area contributed by atoms with E-state index in [1.165, 1.54) is 6.07 Å². The molecule has 116 valence electrons. The molecule has 1 aromatic rings. The number of piperidine rings is 1. The van der Waals surface area contributed by atoms with E-state index in [9.17, 15) is 9.18 Å². The lowest BCUT2D eigenvalue weighted by Crippen LogP contribution is -2.51. The molecule has 2 rings (SSSR count). The highest BCUT2D eigenvalue weighted by Crippen LogP contribution is 2.27. The predicted octanol–water partition coefficient (Wildman–Crippen LogP) is 2.80. The van der Waals surface area contributed by atoms with E-state index in [4.69, 9.17) is 4.74 Å². The molecule has 4 nitrogen and oxygen atoms in total. The number of rotatable bonds is 2. The Labute approximate surface area is 125 Å². The average Bonchev–Trinajstić information content (AvgIpc) is 2.38. The number of benzene rings is 1. The molecular formula is C16H23FN2O2. The number of carbonyl (C=O) groups is 1. The van der Waals surface area contributed by atoms with Crippen LogP contribution in [0, 0.1) is 5.82 Å². The summed E-state index contributed by atoms with van der Waals surface area (Å²) in [7, 11) is 0. The Bertz CT molecular complexity index is 499. The van der Waals surface area contributed by atoms with Crippen LogP contribution in [0.5, 0.6) is 0 Å². The van der Waals surface area contributed by atoms with Crippen molar-refractivity contribution in [2.75, 3.05) is 13.1 Å². The van der Waals surface area contributed by atoms with Crippen molar-refractivity contribution in [3.8, 4) is 0 Å². The summed E-state index contributed by atoms with van der Waals surface area (Å²) < 4.78 is 19.3. The van der Waals surface area contributed by atoms with Gasteiger partial charge in [-0.15, -0.1) is 0 Å².